The molecule has 0 bridgehead atoms. The van der Waals surface area contributed by atoms with Crippen LogP contribution in [0.5, 0.6) is 5.75 Å². The number of ether oxygens (including phenoxy) is 1. The molecule has 1 amide bonds. The third-order valence-corrected chi connectivity index (χ3v) is 4.49. The molecular weight excluding hydrogens is 316 g/mol. The first-order valence-electron chi connectivity index (χ1n) is 8.88. The van der Waals surface area contributed by atoms with Gasteiger partial charge in [-0.1, -0.05) is 12.1 Å². The van der Waals surface area contributed by atoms with E-state index in [0.717, 1.165) is 31.7 Å². The van der Waals surface area contributed by atoms with Crippen LogP contribution >= 0.6 is 0 Å². The normalized spacial score (nSPS) is 17.6. The first kappa shape index (κ1) is 17.5. The van der Waals surface area contributed by atoms with Gasteiger partial charge < -0.3 is 10.1 Å². The lowest BCUT2D eigenvalue weighted by Gasteiger charge is -2.23. The molecule has 1 aromatic carbocycles. The van der Waals surface area contributed by atoms with Crippen molar-refractivity contribution in [1.82, 2.24) is 20.0 Å². The van der Waals surface area contributed by atoms with Crippen LogP contribution in [-0.4, -0.2) is 52.9 Å². The molecule has 6 nitrogen and oxygen atoms in total. The summed E-state index contributed by atoms with van der Waals surface area (Å²) < 4.78 is 7.60. The summed E-state index contributed by atoms with van der Waals surface area (Å²) in [7, 11) is 0. The molecule has 134 valence electrons. The van der Waals surface area contributed by atoms with Crippen LogP contribution in [0.3, 0.4) is 0 Å². The maximum atomic E-state index is 12.2. The molecular formula is C19H26N4O2. The highest BCUT2D eigenvalue weighted by molar-refractivity contribution is 5.78. The van der Waals surface area contributed by atoms with Crippen LogP contribution in [0.4, 0.5) is 0 Å². The van der Waals surface area contributed by atoms with Gasteiger partial charge in [-0.25, -0.2) is 0 Å². The van der Waals surface area contributed by atoms with E-state index in [2.05, 4.69) is 15.3 Å². The van der Waals surface area contributed by atoms with Gasteiger partial charge in [0.15, 0.2) is 0 Å². The van der Waals surface area contributed by atoms with Crippen molar-refractivity contribution in [2.75, 3.05) is 26.2 Å². The van der Waals surface area contributed by atoms with Crippen LogP contribution in [0.25, 0.3) is 0 Å². The SMILES string of the molecule is Cc1cccc(OCCNC(=O)CN2CCC[C@@H]2Cn2cccn2)c1. The van der Waals surface area contributed by atoms with Crippen molar-refractivity contribution in [2.45, 2.75) is 32.4 Å². The van der Waals surface area contributed by atoms with Crippen molar-refractivity contribution in [1.29, 1.82) is 0 Å². The molecule has 0 aliphatic carbocycles. The van der Waals surface area contributed by atoms with Crippen molar-refractivity contribution in [3.8, 4) is 5.75 Å². The van der Waals surface area contributed by atoms with Crippen LogP contribution in [-0.2, 0) is 11.3 Å². The predicted octanol–water partition coefficient (Wildman–Crippen LogP) is 1.85. The third kappa shape index (κ3) is 5.32. The Labute approximate surface area is 148 Å². The Balaban J connectivity index is 1.37. The van der Waals surface area contributed by atoms with E-state index < -0.39 is 0 Å². The molecule has 1 aliphatic rings. The lowest BCUT2D eigenvalue weighted by Crippen LogP contribution is -2.42. The van der Waals surface area contributed by atoms with E-state index in [4.69, 9.17) is 4.74 Å². The lowest BCUT2D eigenvalue weighted by molar-refractivity contribution is -0.122. The van der Waals surface area contributed by atoms with E-state index in [1.54, 1.807) is 6.20 Å². The molecule has 6 heteroatoms. The van der Waals surface area contributed by atoms with Crippen LogP contribution in [0.15, 0.2) is 42.7 Å². The second-order valence-electron chi connectivity index (χ2n) is 6.51. The Bertz CT molecular complexity index is 672. The van der Waals surface area contributed by atoms with Crippen molar-refractivity contribution in [3.63, 3.8) is 0 Å². The van der Waals surface area contributed by atoms with Crippen LogP contribution in [0.2, 0.25) is 0 Å². The molecule has 1 aliphatic heterocycles. The Kier molecular flexibility index (Phi) is 6.06. The van der Waals surface area contributed by atoms with Gasteiger partial charge in [-0.2, -0.15) is 5.10 Å². The zero-order chi connectivity index (χ0) is 17.5. The molecule has 0 radical (unpaired) electrons. The molecule has 2 aromatic rings. The van der Waals surface area contributed by atoms with Gasteiger partial charge in [0.2, 0.25) is 5.91 Å². The summed E-state index contributed by atoms with van der Waals surface area (Å²) >= 11 is 0. The summed E-state index contributed by atoms with van der Waals surface area (Å²) in [6.45, 7) is 5.28. The van der Waals surface area contributed by atoms with Crippen molar-refractivity contribution < 1.29 is 9.53 Å². The first-order valence-corrected chi connectivity index (χ1v) is 8.88. The van der Waals surface area contributed by atoms with Crippen molar-refractivity contribution in [2.24, 2.45) is 0 Å². The Morgan fingerprint density at radius 2 is 2.32 bits per heavy atom. The lowest BCUT2D eigenvalue weighted by atomic mass is 10.2. The zero-order valence-electron chi connectivity index (χ0n) is 14.7. The van der Waals surface area contributed by atoms with Crippen molar-refractivity contribution >= 4 is 5.91 Å². The Morgan fingerprint density at radius 1 is 1.40 bits per heavy atom. The molecule has 1 atom stereocenters. The highest BCUT2D eigenvalue weighted by Crippen LogP contribution is 2.18. The molecule has 0 unspecified atom stereocenters. The summed E-state index contributed by atoms with van der Waals surface area (Å²) in [6, 6.07) is 10.2. The van der Waals surface area contributed by atoms with Crippen LogP contribution < -0.4 is 10.1 Å². The maximum absolute atomic E-state index is 12.2. The van der Waals surface area contributed by atoms with E-state index in [1.165, 1.54) is 5.56 Å². The molecule has 2 heterocycles. The minimum atomic E-state index is 0.0557. The summed E-state index contributed by atoms with van der Waals surface area (Å²) in [5.74, 6) is 0.897. The molecule has 0 saturated carbocycles. The van der Waals surface area contributed by atoms with Crippen LogP contribution in [0, 0.1) is 6.92 Å². The molecule has 1 fully saturated rings. The van der Waals surface area contributed by atoms with E-state index >= 15 is 0 Å². The minimum Gasteiger partial charge on any atom is -0.492 e. The second kappa shape index (κ2) is 8.67. The Hall–Kier alpha value is -2.34. The summed E-state index contributed by atoms with van der Waals surface area (Å²) in [5.41, 5.74) is 1.17. The molecule has 3 rings (SSSR count). The van der Waals surface area contributed by atoms with Gasteiger partial charge in [0.25, 0.3) is 0 Å². The molecule has 1 N–H and O–H groups in total. The number of amides is 1. The Morgan fingerprint density at radius 3 is 3.12 bits per heavy atom. The molecule has 25 heavy (non-hydrogen) atoms. The molecule has 1 aromatic heterocycles. The van der Waals surface area contributed by atoms with Gasteiger partial charge in [-0.05, 0) is 50.1 Å². The second-order valence-corrected chi connectivity index (χ2v) is 6.51. The topological polar surface area (TPSA) is 59.4 Å². The van der Waals surface area contributed by atoms with Crippen molar-refractivity contribution in [3.05, 3.63) is 48.3 Å². The number of aromatic nitrogens is 2. The van der Waals surface area contributed by atoms with E-state index in [0.29, 0.717) is 25.7 Å². The number of likely N-dealkylation sites (tertiary alicyclic amines) is 1. The fraction of sp³-hybridized carbons (Fsp3) is 0.474. The average Bonchev–Trinajstić information content (AvgIpc) is 3.25. The maximum Gasteiger partial charge on any atom is 0.234 e. The largest absolute Gasteiger partial charge is 0.492 e. The number of aryl methyl sites for hydroxylation is 1. The van der Waals surface area contributed by atoms with E-state index in [9.17, 15) is 4.79 Å². The summed E-state index contributed by atoms with van der Waals surface area (Å²) in [4.78, 5) is 14.4. The standard InChI is InChI=1S/C19H26N4O2/c1-16-5-2-7-18(13-16)25-12-9-20-19(24)15-22-10-3-6-17(22)14-23-11-4-8-21-23/h2,4-5,7-8,11,13,17H,3,6,9-10,12,14-15H2,1H3,(H,20,24)/t17-/m1/s1. The smallest absolute Gasteiger partial charge is 0.234 e. The summed E-state index contributed by atoms with van der Waals surface area (Å²) in [6.07, 6.45) is 6.01. The number of carbonyl (C=O) groups is 1. The number of benzene rings is 1. The van der Waals surface area contributed by atoms with E-state index in [1.807, 2.05) is 48.1 Å². The van der Waals surface area contributed by atoms with Gasteiger partial charge in [-0.3, -0.25) is 14.4 Å². The van der Waals surface area contributed by atoms with E-state index in [-0.39, 0.29) is 5.91 Å². The van der Waals surface area contributed by atoms with Gasteiger partial charge in [0.1, 0.15) is 12.4 Å². The number of rotatable bonds is 8. The fourth-order valence-corrected chi connectivity index (χ4v) is 3.24. The monoisotopic (exact) mass is 342 g/mol. The van der Waals surface area contributed by atoms with Crippen LogP contribution in [0.1, 0.15) is 18.4 Å². The third-order valence-electron chi connectivity index (χ3n) is 4.49. The number of hydrogen-bond acceptors (Lipinski definition) is 4. The number of nitrogens with one attached hydrogen (secondary N) is 1. The fourth-order valence-electron chi connectivity index (χ4n) is 3.24. The number of nitrogens with zero attached hydrogens (tertiary/aromatic N) is 3. The molecule has 1 saturated heterocycles. The van der Waals surface area contributed by atoms with Gasteiger partial charge in [0, 0.05) is 18.4 Å². The predicted molar refractivity (Wildman–Crippen MR) is 96.5 cm³/mol. The average molecular weight is 342 g/mol. The quantitative estimate of drug-likeness (QED) is 0.744. The highest BCUT2D eigenvalue weighted by Gasteiger charge is 2.26. The zero-order valence-corrected chi connectivity index (χ0v) is 14.7. The highest BCUT2D eigenvalue weighted by atomic mass is 16.5. The summed E-state index contributed by atoms with van der Waals surface area (Å²) in [5, 5.41) is 7.21. The number of hydrogen-bond donors (Lipinski definition) is 1. The van der Waals surface area contributed by atoms with Gasteiger partial charge in [-0.15, -0.1) is 0 Å². The van der Waals surface area contributed by atoms with Gasteiger partial charge in [0.05, 0.1) is 19.6 Å². The number of carbonyl (C=O) groups excluding carboxylic acids is 1. The minimum absolute atomic E-state index is 0.0557. The molecule has 0 spiro atoms. The van der Waals surface area contributed by atoms with Gasteiger partial charge >= 0.3 is 0 Å². The first-order chi connectivity index (χ1) is 12.2.